The number of nitrogens with one attached hydrogen (secondary N) is 2. The molecule has 1 amide bonds. The van der Waals surface area contributed by atoms with Crippen molar-refractivity contribution in [3.8, 4) is 0 Å². The van der Waals surface area contributed by atoms with Gasteiger partial charge in [0.05, 0.1) is 6.42 Å². The number of hydrogen-bond donors (Lipinski definition) is 2. The van der Waals surface area contributed by atoms with E-state index in [1.54, 1.807) is 0 Å². The molecule has 3 rings (SSSR count). The molecule has 90 valence electrons. The first kappa shape index (κ1) is 11.2. The van der Waals surface area contributed by atoms with Crippen LogP contribution in [0.5, 0.6) is 0 Å². The van der Waals surface area contributed by atoms with Gasteiger partial charge >= 0.3 is 0 Å². The van der Waals surface area contributed by atoms with E-state index < -0.39 is 0 Å². The Kier molecular flexibility index (Phi) is 2.92. The van der Waals surface area contributed by atoms with Crippen LogP contribution < -0.4 is 10.6 Å². The molecule has 1 fully saturated rings. The third-order valence-electron chi connectivity index (χ3n) is 3.66. The number of piperidine rings is 1. The van der Waals surface area contributed by atoms with E-state index in [2.05, 4.69) is 32.6 Å². The second-order valence-electron chi connectivity index (χ2n) is 4.74. The molecule has 4 heteroatoms. The molecule has 0 aromatic heterocycles. The van der Waals surface area contributed by atoms with Crippen LogP contribution in [0.3, 0.4) is 0 Å². The number of anilines is 1. The van der Waals surface area contributed by atoms with Gasteiger partial charge in [-0.3, -0.25) is 4.79 Å². The molecule has 0 spiro atoms. The molecule has 2 heterocycles. The van der Waals surface area contributed by atoms with E-state index in [-0.39, 0.29) is 5.91 Å². The quantitative estimate of drug-likeness (QED) is 0.835. The number of amides is 1. The van der Waals surface area contributed by atoms with Gasteiger partial charge in [0.1, 0.15) is 0 Å². The van der Waals surface area contributed by atoms with Gasteiger partial charge in [-0.05, 0) is 55.1 Å². The third kappa shape index (κ3) is 2.00. The SMILES string of the molecule is O=C1Cc2c(ccc(Br)c2C2CCNCC2)N1. The van der Waals surface area contributed by atoms with Crippen LogP contribution in [0.1, 0.15) is 29.9 Å². The van der Waals surface area contributed by atoms with Crippen LogP contribution in [-0.2, 0) is 11.2 Å². The highest BCUT2D eigenvalue weighted by Crippen LogP contribution is 2.39. The van der Waals surface area contributed by atoms with Gasteiger partial charge in [-0.15, -0.1) is 0 Å². The van der Waals surface area contributed by atoms with Crippen LogP contribution in [-0.4, -0.2) is 19.0 Å². The Balaban J connectivity index is 2.03. The van der Waals surface area contributed by atoms with E-state index in [4.69, 9.17) is 0 Å². The predicted octanol–water partition coefficient (Wildman–Crippen LogP) is 2.41. The maximum Gasteiger partial charge on any atom is 0.228 e. The standard InChI is InChI=1S/C13H15BrN2O/c14-10-1-2-11-9(7-12(17)16-11)13(10)8-3-5-15-6-4-8/h1-2,8,15H,3-7H2,(H,16,17). The number of rotatable bonds is 1. The maximum absolute atomic E-state index is 11.5. The maximum atomic E-state index is 11.5. The highest BCUT2D eigenvalue weighted by Gasteiger charge is 2.27. The Labute approximate surface area is 109 Å². The molecule has 0 unspecified atom stereocenters. The molecule has 3 nitrogen and oxygen atoms in total. The Morgan fingerprint density at radius 2 is 2.00 bits per heavy atom. The summed E-state index contributed by atoms with van der Waals surface area (Å²) < 4.78 is 1.15. The van der Waals surface area contributed by atoms with Gasteiger partial charge in [0, 0.05) is 10.2 Å². The summed E-state index contributed by atoms with van der Waals surface area (Å²) in [4.78, 5) is 11.5. The number of hydrogen-bond acceptors (Lipinski definition) is 2. The summed E-state index contributed by atoms with van der Waals surface area (Å²) in [6.07, 6.45) is 2.85. The number of carbonyl (C=O) groups is 1. The van der Waals surface area contributed by atoms with Crippen molar-refractivity contribution < 1.29 is 4.79 Å². The summed E-state index contributed by atoms with van der Waals surface area (Å²) in [5, 5.41) is 6.31. The number of benzene rings is 1. The van der Waals surface area contributed by atoms with Gasteiger partial charge in [-0.25, -0.2) is 0 Å². The summed E-state index contributed by atoms with van der Waals surface area (Å²) in [5.74, 6) is 0.696. The predicted molar refractivity (Wildman–Crippen MR) is 71.3 cm³/mol. The fourth-order valence-electron chi connectivity index (χ4n) is 2.85. The molecule has 1 aromatic rings. The molecular formula is C13H15BrN2O. The van der Waals surface area contributed by atoms with Gasteiger partial charge in [0.2, 0.25) is 5.91 Å². The lowest BCUT2D eigenvalue weighted by Gasteiger charge is -2.25. The van der Waals surface area contributed by atoms with E-state index in [0.29, 0.717) is 12.3 Å². The zero-order valence-corrected chi connectivity index (χ0v) is 11.1. The highest BCUT2D eigenvalue weighted by atomic mass is 79.9. The minimum absolute atomic E-state index is 0.119. The summed E-state index contributed by atoms with van der Waals surface area (Å²) in [7, 11) is 0. The summed E-state index contributed by atoms with van der Waals surface area (Å²) in [5.41, 5.74) is 3.56. The van der Waals surface area contributed by atoms with Crippen LogP contribution in [0.2, 0.25) is 0 Å². The topological polar surface area (TPSA) is 41.1 Å². The zero-order valence-electron chi connectivity index (χ0n) is 9.55. The second-order valence-corrected chi connectivity index (χ2v) is 5.59. The van der Waals surface area contributed by atoms with Crippen molar-refractivity contribution >= 4 is 27.5 Å². The van der Waals surface area contributed by atoms with Gasteiger partial charge < -0.3 is 10.6 Å². The minimum atomic E-state index is 0.119. The molecule has 0 atom stereocenters. The smallest absolute Gasteiger partial charge is 0.228 e. The van der Waals surface area contributed by atoms with Crippen LogP contribution >= 0.6 is 15.9 Å². The molecular weight excluding hydrogens is 280 g/mol. The average molecular weight is 295 g/mol. The molecule has 2 aliphatic heterocycles. The molecule has 0 bridgehead atoms. The third-order valence-corrected chi connectivity index (χ3v) is 4.35. The molecule has 2 N–H and O–H groups in total. The van der Waals surface area contributed by atoms with Crippen LogP contribution in [0.25, 0.3) is 0 Å². The summed E-state index contributed by atoms with van der Waals surface area (Å²) >= 11 is 3.65. The van der Waals surface area contributed by atoms with Crippen molar-refractivity contribution in [2.75, 3.05) is 18.4 Å². The van der Waals surface area contributed by atoms with E-state index in [0.717, 1.165) is 36.1 Å². The Morgan fingerprint density at radius 1 is 1.24 bits per heavy atom. The largest absolute Gasteiger partial charge is 0.326 e. The van der Waals surface area contributed by atoms with Gasteiger partial charge in [-0.2, -0.15) is 0 Å². The van der Waals surface area contributed by atoms with E-state index >= 15 is 0 Å². The van der Waals surface area contributed by atoms with E-state index in [9.17, 15) is 4.79 Å². The molecule has 1 saturated heterocycles. The Hall–Kier alpha value is -0.870. The average Bonchev–Trinajstić information content (AvgIpc) is 2.70. The van der Waals surface area contributed by atoms with Crippen molar-refractivity contribution in [3.63, 3.8) is 0 Å². The lowest BCUT2D eigenvalue weighted by atomic mass is 9.86. The lowest BCUT2D eigenvalue weighted by molar-refractivity contribution is -0.115. The molecule has 0 radical (unpaired) electrons. The fraction of sp³-hybridized carbons (Fsp3) is 0.462. The Bertz CT molecular complexity index is 467. The van der Waals surface area contributed by atoms with Crippen molar-refractivity contribution in [1.82, 2.24) is 5.32 Å². The van der Waals surface area contributed by atoms with Crippen molar-refractivity contribution in [1.29, 1.82) is 0 Å². The molecule has 17 heavy (non-hydrogen) atoms. The first-order chi connectivity index (χ1) is 8.25. The first-order valence-electron chi connectivity index (χ1n) is 6.07. The number of fused-ring (bicyclic) bond motifs is 1. The summed E-state index contributed by atoms with van der Waals surface area (Å²) in [6, 6.07) is 4.05. The highest BCUT2D eigenvalue weighted by molar-refractivity contribution is 9.10. The molecule has 1 aromatic carbocycles. The minimum Gasteiger partial charge on any atom is -0.326 e. The monoisotopic (exact) mass is 294 g/mol. The Morgan fingerprint density at radius 3 is 2.76 bits per heavy atom. The number of halogens is 1. The van der Waals surface area contributed by atoms with Gasteiger partial charge in [0.25, 0.3) is 0 Å². The first-order valence-corrected chi connectivity index (χ1v) is 6.87. The molecule has 0 aliphatic carbocycles. The zero-order chi connectivity index (χ0) is 11.8. The van der Waals surface area contributed by atoms with E-state index in [1.807, 2.05) is 6.07 Å². The number of carbonyl (C=O) groups excluding carboxylic acids is 1. The van der Waals surface area contributed by atoms with Gasteiger partial charge in [-0.1, -0.05) is 15.9 Å². The van der Waals surface area contributed by atoms with Crippen molar-refractivity contribution in [3.05, 3.63) is 27.7 Å². The van der Waals surface area contributed by atoms with Gasteiger partial charge in [0.15, 0.2) is 0 Å². The van der Waals surface area contributed by atoms with Crippen molar-refractivity contribution in [2.45, 2.75) is 25.2 Å². The molecule has 2 aliphatic rings. The second kappa shape index (κ2) is 4.42. The van der Waals surface area contributed by atoms with Crippen LogP contribution in [0, 0.1) is 0 Å². The van der Waals surface area contributed by atoms with Crippen LogP contribution in [0.15, 0.2) is 16.6 Å². The van der Waals surface area contributed by atoms with E-state index in [1.165, 1.54) is 11.1 Å². The molecule has 0 saturated carbocycles. The van der Waals surface area contributed by atoms with Crippen LogP contribution in [0.4, 0.5) is 5.69 Å². The summed E-state index contributed by atoms with van der Waals surface area (Å²) in [6.45, 7) is 2.14. The normalized spacial score (nSPS) is 20.2. The lowest BCUT2D eigenvalue weighted by Crippen LogP contribution is -2.27. The fourth-order valence-corrected chi connectivity index (χ4v) is 3.55. The van der Waals surface area contributed by atoms with Crippen molar-refractivity contribution in [2.24, 2.45) is 0 Å².